The van der Waals surface area contributed by atoms with Crippen molar-refractivity contribution >= 4 is 44.8 Å². The molecule has 0 heterocycles. The van der Waals surface area contributed by atoms with Gasteiger partial charge >= 0.3 is 0 Å². The molecule has 0 bridgehead atoms. The number of thioether (sulfide) groups is 1. The fourth-order valence-corrected chi connectivity index (χ4v) is 4.02. The summed E-state index contributed by atoms with van der Waals surface area (Å²) in [6, 6.07) is 11.6. The molecule has 126 valence electrons. The lowest BCUT2D eigenvalue weighted by molar-refractivity contribution is 0.102. The Hall–Kier alpha value is -1.76. The van der Waals surface area contributed by atoms with Crippen LogP contribution < -0.4 is 5.32 Å². The molecule has 2 aromatic rings. The molecule has 0 saturated heterocycles. The fraction of sp³-hybridized carbons (Fsp3) is 0.118. The molecule has 0 radical (unpaired) electrons. The van der Waals surface area contributed by atoms with Crippen LogP contribution in [0.25, 0.3) is 0 Å². The Morgan fingerprint density at radius 3 is 2.67 bits per heavy atom. The predicted octanol–water partition coefficient (Wildman–Crippen LogP) is 4.27. The van der Waals surface area contributed by atoms with E-state index < -0.39 is 15.7 Å². The molecular formula is C17H16ClNO3S2. The number of hydrogen-bond acceptors (Lipinski definition) is 4. The summed E-state index contributed by atoms with van der Waals surface area (Å²) >= 11 is 7.45. The molecule has 0 atom stereocenters. The van der Waals surface area contributed by atoms with Gasteiger partial charge in [-0.25, -0.2) is 8.42 Å². The van der Waals surface area contributed by atoms with Gasteiger partial charge in [0.15, 0.2) is 9.84 Å². The Morgan fingerprint density at radius 2 is 2.00 bits per heavy atom. The molecule has 0 aliphatic carbocycles. The number of amides is 1. The number of carbonyl (C=O) groups is 1. The number of nitrogens with one attached hydrogen (secondary N) is 1. The molecule has 0 unspecified atom stereocenters. The minimum Gasteiger partial charge on any atom is -0.321 e. The average molecular weight is 382 g/mol. The van der Waals surface area contributed by atoms with Crippen molar-refractivity contribution in [1.29, 1.82) is 0 Å². The molecule has 1 N–H and O–H groups in total. The second kappa shape index (κ2) is 7.88. The molecule has 0 aromatic heterocycles. The lowest BCUT2D eigenvalue weighted by Gasteiger charge is -2.11. The largest absolute Gasteiger partial charge is 0.321 e. The Labute approximate surface area is 150 Å². The van der Waals surface area contributed by atoms with Crippen LogP contribution in [0.3, 0.4) is 0 Å². The first-order valence-electron chi connectivity index (χ1n) is 6.96. The van der Waals surface area contributed by atoms with Crippen LogP contribution in [0.4, 0.5) is 5.69 Å². The molecule has 7 heteroatoms. The monoisotopic (exact) mass is 381 g/mol. The maximum Gasteiger partial charge on any atom is 0.255 e. The van der Waals surface area contributed by atoms with E-state index >= 15 is 0 Å². The highest BCUT2D eigenvalue weighted by Crippen LogP contribution is 2.28. The van der Waals surface area contributed by atoms with Gasteiger partial charge in [-0.1, -0.05) is 29.8 Å². The number of hydrogen-bond donors (Lipinski definition) is 1. The number of benzene rings is 2. The zero-order valence-electron chi connectivity index (χ0n) is 13.0. The highest BCUT2D eigenvalue weighted by molar-refractivity contribution is 7.99. The highest BCUT2D eigenvalue weighted by atomic mass is 35.5. The SMILES string of the molecule is C=CCSc1ccccc1NC(=O)c1ccc(Cl)c(S(C)(=O)=O)c1. The molecule has 2 rings (SSSR count). The number of rotatable bonds is 6. The number of halogens is 1. The van der Waals surface area contributed by atoms with Crippen molar-refractivity contribution in [2.75, 3.05) is 17.3 Å². The van der Waals surface area contributed by atoms with E-state index in [1.807, 2.05) is 18.2 Å². The zero-order valence-corrected chi connectivity index (χ0v) is 15.3. The first kappa shape index (κ1) is 18.6. The van der Waals surface area contributed by atoms with Crippen LogP contribution in [0.5, 0.6) is 0 Å². The summed E-state index contributed by atoms with van der Waals surface area (Å²) in [5.41, 5.74) is 0.883. The Bertz CT molecular complexity index is 879. The predicted molar refractivity (Wildman–Crippen MR) is 99.9 cm³/mol. The summed E-state index contributed by atoms with van der Waals surface area (Å²) in [6.45, 7) is 3.68. The van der Waals surface area contributed by atoms with Crippen molar-refractivity contribution in [3.05, 3.63) is 65.7 Å². The summed E-state index contributed by atoms with van der Waals surface area (Å²) in [4.78, 5) is 13.3. The average Bonchev–Trinajstić information content (AvgIpc) is 2.53. The third-order valence-electron chi connectivity index (χ3n) is 3.08. The van der Waals surface area contributed by atoms with Crippen molar-refractivity contribution < 1.29 is 13.2 Å². The van der Waals surface area contributed by atoms with E-state index in [2.05, 4.69) is 11.9 Å². The van der Waals surface area contributed by atoms with Gasteiger partial charge in [-0.2, -0.15) is 0 Å². The van der Waals surface area contributed by atoms with E-state index in [1.54, 1.807) is 23.9 Å². The van der Waals surface area contributed by atoms with Crippen LogP contribution in [0.15, 0.2) is 64.9 Å². The van der Waals surface area contributed by atoms with Crippen molar-refractivity contribution in [2.24, 2.45) is 0 Å². The third kappa shape index (κ3) is 4.63. The van der Waals surface area contributed by atoms with Crippen molar-refractivity contribution in [3.63, 3.8) is 0 Å². The topological polar surface area (TPSA) is 63.2 Å². The van der Waals surface area contributed by atoms with Crippen LogP contribution in [0, 0.1) is 0 Å². The molecule has 24 heavy (non-hydrogen) atoms. The summed E-state index contributed by atoms with van der Waals surface area (Å²) in [5.74, 6) is 0.315. The van der Waals surface area contributed by atoms with Gasteiger partial charge in [0.05, 0.1) is 15.6 Å². The molecular weight excluding hydrogens is 366 g/mol. The lowest BCUT2D eigenvalue weighted by Crippen LogP contribution is -2.13. The first-order valence-corrected chi connectivity index (χ1v) is 10.2. The molecule has 2 aromatic carbocycles. The minimum absolute atomic E-state index is 0.0638. The van der Waals surface area contributed by atoms with Crippen LogP contribution in [-0.4, -0.2) is 26.3 Å². The van der Waals surface area contributed by atoms with Gasteiger partial charge < -0.3 is 5.32 Å². The standard InChI is InChI=1S/C17H16ClNO3S2/c1-3-10-23-15-7-5-4-6-14(15)19-17(20)12-8-9-13(18)16(11-12)24(2,21)22/h3-9,11H,1,10H2,2H3,(H,19,20). The number of carbonyl (C=O) groups excluding carboxylic acids is 1. The van der Waals surface area contributed by atoms with Gasteiger partial charge in [-0.15, -0.1) is 18.3 Å². The van der Waals surface area contributed by atoms with Crippen molar-refractivity contribution in [2.45, 2.75) is 9.79 Å². The maximum atomic E-state index is 12.5. The smallest absolute Gasteiger partial charge is 0.255 e. The number of anilines is 1. The maximum absolute atomic E-state index is 12.5. The molecule has 0 fully saturated rings. The molecule has 0 aliphatic heterocycles. The molecule has 0 spiro atoms. The summed E-state index contributed by atoms with van der Waals surface area (Å²) < 4.78 is 23.5. The van der Waals surface area contributed by atoms with E-state index in [1.165, 1.54) is 18.2 Å². The normalized spacial score (nSPS) is 11.1. The van der Waals surface area contributed by atoms with Crippen LogP contribution in [-0.2, 0) is 9.84 Å². The summed E-state index contributed by atoms with van der Waals surface area (Å²) in [7, 11) is -3.51. The van der Waals surface area contributed by atoms with Gasteiger partial charge in [0.25, 0.3) is 5.91 Å². The Balaban J connectivity index is 2.30. The molecule has 0 saturated carbocycles. The highest BCUT2D eigenvalue weighted by Gasteiger charge is 2.16. The first-order chi connectivity index (χ1) is 11.3. The number of sulfone groups is 1. The Morgan fingerprint density at radius 1 is 1.29 bits per heavy atom. The Kier molecular flexibility index (Phi) is 6.10. The number of para-hydroxylation sites is 1. The van der Waals surface area contributed by atoms with E-state index in [-0.39, 0.29) is 15.5 Å². The van der Waals surface area contributed by atoms with Gasteiger partial charge in [0, 0.05) is 22.5 Å². The molecule has 0 aliphatic rings. The lowest BCUT2D eigenvalue weighted by atomic mass is 10.2. The summed E-state index contributed by atoms with van der Waals surface area (Å²) in [6.07, 6.45) is 2.83. The zero-order chi connectivity index (χ0) is 17.7. The molecule has 1 amide bonds. The van der Waals surface area contributed by atoms with Crippen LogP contribution >= 0.6 is 23.4 Å². The molecule has 4 nitrogen and oxygen atoms in total. The van der Waals surface area contributed by atoms with Gasteiger partial charge in [0.1, 0.15) is 0 Å². The van der Waals surface area contributed by atoms with Crippen molar-refractivity contribution in [1.82, 2.24) is 0 Å². The fourth-order valence-electron chi connectivity index (χ4n) is 1.97. The van der Waals surface area contributed by atoms with Crippen LogP contribution in [0.2, 0.25) is 5.02 Å². The van der Waals surface area contributed by atoms with Gasteiger partial charge in [-0.3, -0.25) is 4.79 Å². The second-order valence-electron chi connectivity index (χ2n) is 4.97. The van der Waals surface area contributed by atoms with E-state index in [0.717, 1.165) is 11.2 Å². The second-order valence-corrected chi connectivity index (χ2v) is 8.42. The van der Waals surface area contributed by atoms with E-state index in [4.69, 9.17) is 11.6 Å². The van der Waals surface area contributed by atoms with Crippen molar-refractivity contribution in [3.8, 4) is 0 Å². The minimum atomic E-state index is -3.51. The summed E-state index contributed by atoms with van der Waals surface area (Å²) in [5, 5.41) is 2.90. The quantitative estimate of drug-likeness (QED) is 0.599. The third-order valence-corrected chi connectivity index (χ3v) is 5.73. The van der Waals surface area contributed by atoms with E-state index in [0.29, 0.717) is 11.4 Å². The van der Waals surface area contributed by atoms with Gasteiger partial charge in [-0.05, 0) is 30.3 Å². The van der Waals surface area contributed by atoms with E-state index in [9.17, 15) is 13.2 Å². The van der Waals surface area contributed by atoms with Crippen LogP contribution in [0.1, 0.15) is 10.4 Å². The van der Waals surface area contributed by atoms with Gasteiger partial charge in [0.2, 0.25) is 0 Å².